The van der Waals surface area contributed by atoms with Gasteiger partial charge in [-0.3, -0.25) is 0 Å². The quantitative estimate of drug-likeness (QED) is 0.765. The van der Waals surface area contributed by atoms with Gasteiger partial charge in [-0.2, -0.15) is 4.98 Å². The fraction of sp³-hybridized carbons (Fsp3) is 0.636. The minimum atomic E-state index is 0.0302. The fourth-order valence-corrected chi connectivity index (χ4v) is 1.96. The van der Waals surface area contributed by atoms with E-state index >= 15 is 0 Å². The Morgan fingerprint density at radius 2 is 2.47 bits per heavy atom. The van der Waals surface area contributed by atoms with Gasteiger partial charge in [0.25, 0.3) is 0 Å². The maximum atomic E-state index is 5.82. The number of anilines is 1. The van der Waals surface area contributed by atoms with E-state index in [1.54, 1.807) is 19.4 Å². The monoisotopic (exact) mass is 257 g/mol. The number of halogens is 1. The van der Waals surface area contributed by atoms with Crippen molar-refractivity contribution in [1.82, 2.24) is 9.97 Å². The maximum absolute atomic E-state index is 5.82. The number of ether oxygens (including phenoxy) is 2. The van der Waals surface area contributed by atoms with Crippen molar-refractivity contribution in [2.24, 2.45) is 0 Å². The molecule has 5 nitrogen and oxygen atoms in total. The number of nitrogens with zero attached hydrogens (tertiary/aromatic N) is 3. The van der Waals surface area contributed by atoms with Crippen LogP contribution in [0.5, 0.6) is 5.88 Å². The van der Waals surface area contributed by atoms with E-state index in [0.717, 1.165) is 0 Å². The van der Waals surface area contributed by atoms with E-state index in [-0.39, 0.29) is 12.1 Å². The molecule has 6 heteroatoms. The third-order valence-corrected chi connectivity index (χ3v) is 3.11. The summed E-state index contributed by atoms with van der Waals surface area (Å²) in [5.41, 5.74) is 0. The van der Waals surface area contributed by atoms with E-state index in [2.05, 4.69) is 21.8 Å². The Bertz CT molecular complexity index is 377. The molecule has 0 amide bonds. The normalized spacial score (nSPS) is 24.8. The Balaban J connectivity index is 2.18. The number of hydrogen-bond acceptors (Lipinski definition) is 5. The second kappa shape index (κ2) is 5.51. The summed E-state index contributed by atoms with van der Waals surface area (Å²) in [7, 11) is 1.59. The summed E-state index contributed by atoms with van der Waals surface area (Å²) in [6, 6.07) is 1.97. The minimum Gasteiger partial charge on any atom is -0.481 e. The summed E-state index contributed by atoms with van der Waals surface area (Å²) in [6.45, 7) is 3.42. The summed E-state index contributed by atoms with van der Waals surface area (Å²) in [4.78, 5) is 10.7. The molecule has 94 valence electrons. The van der Waals surface area contributed by atoms with Crippen LogP contribution in [0.1, 0.15) is 6.92 Å². The van der Waals surface area contributed by atoms with Crippen LogP contribution in [0.2, 0.25) is 0 Å². The van der Waals surface area contributed by atoms with Crippen molar-refractivity contribution in [1.29, 1.82) is 0 Å². The molecule has 1 fully saturated rings. The molecule has 0 N–H and O–H groups in total. The van der Waals surface area contributed by atoms with Gasteiger partial charge >= 0.3 is 0 Å². The summed E-state index contributed by atoms with van der Waals surface area (Å²) in [5.74, 6) is 1.71. The third-order valence-electron chi connectivity index (χ3n) is 2.76. The van der Waals surface area contributed by atoms with Crippen LogP contribution in [0.3, 0.4) is 0 Å². The number of rotatable bonds is 3. The number of methoxy groups -OCH3 is 1. The lowest BCUT2D eigenvalue weighted by Gasteiger charge is -2.37. The van der Waals surface area contributed by atoms with Gasteiger partial charge < -0.3 is 14.4 Å². The number of hydrogen-bond donors (Lipinski definition) is 0. The molecule has 2 heterocycles. The average Bonchev–Trinajstić information content (AvgIpc) is 2.39. The zero-order valence-electron chi connectivity index (χ0n) is 9.97. The molecule has 1 aliphatic heterocycles. The number of alkyl halides is 1. The maximum Gasteiger partial charge on any atom is 0.229 e. The van der Waals surface area contributed by atoms with Crippen LogP contribution in [0, 0.1) is 0 Å². The van der Waals surface area contributed by atoms with E-state index in [1.807, 2.05) is 0 Å². The van der Waals surface area contributed by atoms with Crippen molar-refractivity contribution in [2.75, 3.05) is 31.0 Å². The molecule has 1 aromatic rings. The lowest BCUT2D eigenvalue weighted by molar-refractivity contribution is 0.0357. The molecule has 2 atom stereocenters. The Morgan fingerprint density at radius 3 is 3.18 bits per heavy atom. The zero-order chi connectivity index (χ0) is 12.3. The van der Waals surface area contributed by atoms with E-state index in [0.29, 0.717) is 30.9 Å². The van der Waals surface area contributed by atoms with E-state index in [1.165, 1.54) is 0 Å². The standard InChI is InChI=1S/C11H16ClN3O2/c1-8-7-17-9(5-12)6-15(8)11-13-4-3-10(14-11)16-2/h3-4,8-9H,5-7H2,1-2H3. The van der Waals surface area contributed by atoms with Crippen LogP contribution in [0.25, 0.3) is 0 Å². The third kappa shape index (κ3) is 2.79. The highest BCUT2D eigenvalue weighted by Crippen LogP contribution is 2.20. The van der Waals surface area contributed by atoms with Crippen LogP contribution >= 0.6 is 11.6 Å². The van der Waals surface area contributed by atoms with Gasteiger partial charge in [0.1, 0.15) is 0 Å². The van der Waals surface area contributed by atoms with Crippen LogP contribution in [0.4, 0.5) is 5.95 Å². The molecule has 0 radical (unpaired) electrons. The molecule has 0 aliphatic carbocycles. The van der Waals surface area contributed by atoms with Crippen molar-refractivity contribution in [3.05, 3.63) is 12.3 Å². The second-order valence-electron chi connectivity index (χ2n) is 4.01. The van der Waals surface area contributed by atoms with Gasteiger partial charge in [-0.15, -0.1) is 11.6 Å². The molecular weight excluding hydrogens is 242 g/mol. The first-order chi connectivity index (χ1) is 8.24. The zero-order valence-corrected chi connectivity index (χ0v) is 10.7. The van der Waals surface area contributed by atoms with Crippen molar-refractivity contribution in [2.45, 2.75) is 19.1 Å². The molecule has 2 rings (SSSR count). The van der Waals surface area contributed by atoms with Gasteiger partial charge in [0, 0.05) is 18.8 Å². The smallest absolute Gasteiger partial charge is 0.229 e. The highest BCUT2D eigenvalue weighted by molar-refractivity contribution is 6.18. The van der Waals surface area contributed by atoms with Gasteiger partial charge in [0.2, 0.25) is 11.8 Å². The van der Waals surface area contributed by atoms with Gasteiger partial charge in [-0.1, -0.05) is 0 Å². The summed E-state index contributed by atoms with van der Waals surface area (Å²) in [6.07, 6.45) is 1.72. The molecule has 1 aromatic heterocycles. The largest absolute Gasteiger partial charge is 0.481 e. The molecular formula is C11H16ClN3O2. The number of morpholine rings is 1. The molecule has 0 aromatic carbocycles. The van der Waals surface area contributed by atoms with Gasteiger partial charge in [-0.05, 0) is 6.92 Å². The molecule has 0 saturated carbocycles. The molecule has 1 aliphatic rings. The molecule has 2 unspecified atom stereocenters. The van der Waals surface area contributed by atoms with Gasteiger partial charge in [0.05, 0.1) is 31.7 Å². The Kier molecular flexibility index (Phi) is 4.02. The lowest BCUT2D eigenvalue weighted by atomic mass is 10.2. The van der Waals surface area contributed by atoms with Crippen LogP contribution in [-0.4, -0.2) is 48.3 Å². The predicted molar refractivity (Wildman–Crippen MR) is 65.9 cm³/mol. The SMILES string of the molecule is COc1ccnc(N2CC(CCl)OCC2C)n1. The first kappa shape index (κ1) is 12.4. The van der Waals surface area contributed by atoms with Crippen LogP contribution < -0.4 is 9.64 Å². The Hall–Kier alpha value is -1.07. The first-order valence-electron chi connectivity index (χ1n) is 5.56. The lowest BCUT2D eigenvalue weighted by Crippen LogP contribution is -2.49. The highest BCUT2D eigenvalue weighted by atomic mass is 35.5. The van der Waals surface area contributed by atoms with Crippen molar-refractivity contribution < 1.29 is 9.47 Å². The van der Waals surface area contributed by atoms with Crippen molar-refractivity contribution in [3.8, 4) is 5.88 Å². The fourth-order valence-electron chi connectivity index (χ4n) is 1.77. The minimum absolute atomic E-state index is 0.0302. The number of aromatic nitrogens is 2. The second-order valence-corrected chi connectivity index (χ2v) is 4.32. The van der Waals surface area contributed by atoms with E-state index in [4.69, 9.17) is 21.1 Å². The summed E-state index contributed by atoms with van der Waals surface area (Å²) < 4.78 is 10.7. The van der Waals surface area contributed by atoms with Crippen LogP contribution in [-0.2, 0) is 4.74 Å². The summed E-state index contributed by atoms with van der Waals surface area (Å²) >= 11 is 5.82. The summed E-state index contributed by atoms with van der Waals surface area (Å²) in [5, 5.41) is 0. The van der Waals surface area contributed by atoms with Crippen molar-refractivity contribution >= 4 is 17.5 Å². The molecule has 1 saturated heterocycles. The van der Waals surface area contributed by atoms with E-state index < -0.39 is 0 Å². The topological polar surface area (TPSA) is 47.5 Å². The molecule has 0 spiro atoms. The molecule has 0 bridgehead atoms. The Morgan fingerprint density at radius 1 is 1.65 bits per heavy atom. The average molecular weight is 258 g/mol. The van der Waals surface area contributed by atoms with Gasteiger partial charge in [0.15, 0.2) is 0 Å². The van der Waals surface area contributed by atoms with Crippen LogP contribution in [0.15, 0.2) is 12.3 Å². The highest BCUT2D eigenvalue weighted by Gasteiger charge is 2.27. The van der Waals surface area contributed by atoms with Crippen molar-refractivity contribution in [3.63, 3.8) is 0 Å². The molecule has 17 heavy (non-hydrogen) atoms. The van der Waals surface area contributed by atoms with E-state index in [9.17, 15) is 0 Å². The Labute approximate surface area is 106 Å². The van der Waals surface area contributed by atoms with Gasteiger partial charge in [-0.25, -0.2) is 4.98 Å². The predicted octanol–water partition coefficient (Wildman–Crippen LogP) is 1.32. The first-order valence-corrected chi connectivity index (χ1v) is 6.09.